The monoisotopic (exact) mass is 375 g/mol. The van der Waals surface area contributed by atoms with Crippen LogP contribution >= 0.6 is 11.3 Å². The third-order valence-electron chi connectivity index (χ3n) is 5.06. The summed E-state index contributed by atoms with van der Waals surface area (Å²) in [6, 6.07) is 9.18. The predicted molar refractivity (Wildman–Crippen MR) is 107 cm³/mol. The average molecular weight is 376 g/mol. The Bertz CT molecular complexity index is 703. The van der Waals surface area contributed by atoms with Crippen LogP contribution in [-0.2, 0) is 6.54 Å². The van der Waals surface area contributed by atoms with Crippen molar-refractivity contribution < 1.29 is 14.2 Å². The highest BCUT2D eigenvalue weighted by Gasteiger charge is 2.25. The molecule has 26 heavy (non-hydrogen) atoms. The largest absolute Gasteiger partial charge is 0.493 e. The first-order valence-electron chi connectivity index (χ1n) is 9.25. The number of hydrogen-bond donors (Lipinski definition) is 0. The molecule has 142 valence electrons. The van der Waals surface area contributed by atoms with E-state index in [0.29, 0.717) is 11.8 Å². The van der Waals surface area contributed by atoms with Crippen molar-refractivity contribution in [3.8, 4) is 17.2 Å². The van der Waals surface area contributed by atoms with Crippen LogP contribution < -0.4 is 14.2 Å². The first-order chi connectivity index (χ1) is 12.7. The van der Waals surface area contributed by atoms with Crippen molar-refractivity contribution in [1.82, 2.24) is 4.90 Å². The van der Waals surface area contributed by atoms with Crippen LogP contribution in [0.4, 0.5) is 0 Å². The van der Waals surface area contributed by atoms with E-state index in [1.165, 1.54) is 41.0 Å². The van der Waals surface area contributed by atoms with Gasteiger partial charge in [-0.25, -0.2) is 0 Å². The second-order valence-corrected chi connectivity index (χ2v) is 8.14. The van der Waals surface area contributed by atoms with Gasteiger partial charge in [0.05, 0.1) is 21.3 Å². The predicted octanol–water partition coefficient (Wildman–Crippen LogP) is 5.20. The van der Waals surface area contributed by atoms with Crippen LogP contribution in [0.2, 0.25) is 0 Å². The number of rotatable bonds is 6. The van der Waals surface area contributed by atoms with E-state index in [2.05, 4.69) is 36.1 Å². The molecule has 1 saturated heterocycles. The third-order valence-corrected chi connectivity index (χ3v) is 6.17. The maximum absolute atomic E-state index is 5.53. The van der Waals surface area contributed by atoms with E-state index in [-0.39, 0.29) is 0 Å². The minimum Gasteiger partial charge on any atom is -0.493 e. The molecule has 0 radical (unpaired) electrons. The molecule has 0 aliphatic carbocycles. The van der Waals surface area contributed by atoms with Crippen molar-refractivity contribution >= 4 is 11.3 Å². The lowest BCUT2D eigenvalue weighted by atomic mass is 10.1. The van der Waals surface area contributed by atoms with Crippen LogP contribution in [0.1, 0.15) is 47.0 Å². The molecule has 0 spiro atoms. The maximum atomic E-state index is 5.53. The third kappa shape index (κ3) is 4.15. The summed E-state index contributed by atoms with van der Waals surface area (Å²) >= 11 is 1.93. The summed E-state index contributed by atoms with van der Waals surface area (Å²) in [5, 5.41) is 0. The minimum atomic E-state index is 0.496. The van der Waals surface area contributed by atoms with Gasteiger partial charge < -0.3 is 14.2 Å². The fraction of sp³-hybridized carbons (Fsp3) is 0.524. The van der Waals surface area contributed by atoms with E-state index in [9.17, 15) is 0 Å². The Morgan fingerprint density at radius 3 is 2.31 bits per heavy atom. The van der Waals surface area contributed by atoms with Crippen LogP contribution in [0.3, 0.4) is 0 Å². The Hall–Kier alpha value is -1.72. The van der Waals surface area contributed by atoms with Gasteiger partial charge in [0.25, 0.3) is 0 Å². The van der Waals surface area contributed by atoms with E-state index in [0.717, 1.165) is 24.6 Å². The number of methoxy groups -OCH3 is 3. The van der Waals surface area contributed by atoms with E-state index in [1.54, 1.807) is 21.3 Å². The molecule has 0 N–H and O–H groups in total. The smallest absolute Gasteiger partial charge is 0.203 e. The van der Waals surface area contributed by atoms with Gasteiger partial charge in [0.2, 0.25) is 5.75 Å². The van der Waals surface area contributed by atoms with Crippen LogP contribution in [-0.4, -0.2) is 32.8 Å². The zero-order valence-corrected chi connectivity index (χ0v) is 17.0. The fourth-order valence-corrected chi connectivity index (χ4v) is 4.82. The summed E-state index contributed by atoms with van der Waals surface area (Å²) in [4.78, 5) is 5.48. The molecule has 0 saturated carbocycles. The zero-order valence-electron chi connectivity index (χ0n) is 16.2. The average Bonchev–Trinajstić information content (AvgIpc) is 2.95. The Morgan fingerprint density at radius 2 is 1.73 bits per heavy atom. The second kappa shape index (κ2) is 8.78. The van der Waals surface area contributed by atoms with E-state index in [4.69, 9.17) is 14.2 Å². The van der Waals surface area contributed by atoms with Crippen LogP contribution in [0.25, 0.3) is 0 Å². The number of benzene rings is 1. The molecular weight excluding hydrogens is 346 g/mol. The van der Waals surface area contributed by atoms with Crippen molar-refractivity contribution in [2.75, 3.05) is 27.9 Å². The lowest BCUT2D eigenvalue weighted by molar-refractivity contribution is 0.194. The van der Waals surface area contributed by atoms with Gasteiger partial charge in [-0.3, -0.25) is 4.90 Å². The molecular formula is C21H29NO3S. The molecule has 1 atom stereocenters. The van der Waals surface area contributed by atoms with Crippen LogP contribution in [0, 0.1) is 6.92 Å². The molecule has 0 unspecified atom stereocenters. The number of hydrogen-bond acceptors (Lipinski definition) is 5. The molecule has 1 aromatic heterocycles. The SMILES string of the molecule is COc1cc(CN2CCCCC[C@@H]2c2ccc(C)s2)cc(OC)c1OC. The Kier molecular flexibility index (Phi) is 6.43. The summed E-state index contributed by atoms with van der Waals surface area (Å²) in [7, 11) is 4.98. The molecule has 1 aromatic carbocycles. The number of aryl methyl sites for hydroxylation is 1. The molecule has 3 rings (SSSR count). The zero-order chi connectivity index (χ0) is 18.5. The van der Waals surface area contributed by atoms with Gasteiger partial charge in [0, 0.05) is 22.3 Å². The second-order valence-electron chi connectivity index (χ2n) is 6.82. The molecule has 0 amide bonds. The first kappa shape index (κ1) is 19.1. The normalized spacial score (nSPS) is 18.4. The molecule has 4 nitrogen and oxygen atoms in total. The van der Waals surface area contributed by atoms with Crippen molar-refractivity contribution in [1.29, 1.82) is 0 Å². The van der Waals surface area contributed by atoms with E-state index in [1.807, 2.05) is 11.3 Å². The summed E-state index contributed by atoms with van der Waals surface area (Å²) in [5.41, 5.74) is 1.19. The van der Waals surface area contributed by atoms with Crippen molar-refractivity contribution in [2.24, 2.45) is 0 Å². The standard InChI is InChI=1S/C21H29NO3S/c1-15-9-10-20(26-15)17-8-6-5-7-11-22(17)14-16-12-18(23-2)21(25-4)19(13-16)24-3/h9-10,12-13,17H,5-8,11,14H2,1-4H3/t17-/m1/s1. The molecule has 1 aliphatic rings. The molecule has 0 bridgehead atoms. The lowest BCUT2D eigenvalue weighted by Crippen LogP contribution is -2.27. The Morgan fingerprint density at radius 1 is 1.00 bits per heavy atom. The number of likely N-dealkylation sites (tertiary alicyclic amines) is 1. The maximum Gasteiger partial charge on any atom is 0.203 e. The van der Waals surface area contributed by atoms with Gasteiger partial charge in [0.1, 0.15) is 0 Å². The Balaban J connectivity index is 1.89. The van der Waals surface area contributed by atoms with Gasteiger partial charge in [0.15, 0.2) is 11.5 Å². The highest BCUT2D eigenvalue weighted by Crippen LogP contribution is 2.40. The number of ether oxygens (including phenoxy) is 3. The molecule has 1 aliphatic heterocycles. The molecule has 5 heteroatoms. The summed E-state index contributed by atoms with van der Waals surface area (Å²) < 4.78 is 16.5. The van der Waals surface area contributed by atoms with Gasteiger partial charge in [-0.05, 0) is 56.1 Å². The highest BCUT2D eigenvalue weighted by molar-refractivity contribution is 7.12. The molecule has 2 heterocycles. The van der Waals surface area contributed by atoms with E-state index < -0.39 is 0 Å². The number of thiophene rings is 1. The summed E-state index contributed by atoms with van der Waals surface area (Å²) in [5.74, 6) is 2.10. The summed E-state index contributed by atoms with van der Waals surface area (Å²) in [6.07, 6.45) is 5.09. The van der Waals surface area contributed by atoms with Gasteiger partial charge >= 0.3 is 0 Å². The van der Waals surface area contributed by atoms with Crippen molar-refractivity contribution in [2.45, 2.75) is 45.2 Å². The Labute approximate surface area is 160 Å². The van der Waals surface area contributed by atoms with Gasteiger partial charge in [-0.15, -0.1) is 11.3 Å². The summed E-state index contributed by atoms with van der Waals surface area (Å²) in [6.45, 7) is 4.20. The molecule has 2 aromatic rings. The van der Waals surface area contributed by atoms with Crippen LogP contribution in [0.5, 0.6) is 17.2 Å². The first-order valence-corrected chi connectivity index (χ1v) is 10.1. The highest BCUT2D eigenvalue weighted by atomic mass is 32.1. The topological polar surface area (TPSA) is 30.9 Å². The van der Waals surface area contributed by atoms with Crippen molar-refractivity contribution in [3.63, 3.8) is 0 Å². The van der Waals surface area contributed by atoms with Crippen LogP contribution in [0.15, 0.2) is 24.3 Å². The lowest BCUT2D eigenvalue weighted by Gasteiger charge is -2.29. The number of nitrogens with zero attached hydrogens (tertiary/aromatic N) is 1. The molecule has 1 fully saturated rings. The minimum absolute atomic E-state index is 0.496. The fourth-order valence-electron chi connectivity index (χ4n) is 3.77. The van der Waals surface area contributed by atoms with Crippen molar-refractivity contribution in [3.05, 3.63) is 39.6 Å². The van der Waals surface area contributed by atoms with Gasteiger partial charge in [-0.2, -0.15) is 0 Å². The van der Waals surface area contributed by atoms with Gasteiger partial charge in [-0.1, -0.05) is 12.8 Å². The quantitative estimate of drug-likeness (QED) is 0.694. The van der Waals surface area contributed by atoms with E-state index >= 15 is 0 Å².